The second kappa shape index (κ2) is 6.49. The lowest BCUT2D eigenvalue weighted by Gasteiger charge is -2.40. The molecule has 6 heteroatoms. The molecule has 1 aliphatic rings. The smallest absolute Gasteiger partial charge is 0.360 e. The van der Waals surface area contributed by atoms with Gasteiger partial charge in [-0.1, -0.05) is 24.3 Å². The summed E-state index contributed by atoms with van der Waals surface area (Å²) in [6.07, 6.45) is 4.61. The Morgan fingerprint density at radius 1 is 1.21 bits per heavy atom. The van der Waals surface area contributed by atoms with E-state index in [9.17, 15) is 14.8 Å². The van der Waals surface area contributed by atoms with E-state index >= 15 is 0 Å². The monoisotopic (exact) mass is 330 g/mol. The van der Waals surface area contributed by atoms with E-state index in [-0.39, 0.29) is 0 Å². The predicted molar refractivity (Wildman–Crippen MR) is 89.0 cm³/mol. The number of ether oxygens (including phenoxy) is 1. The molecule has 1 heterocycles. The number of amides is 1. The van der Waals surface area contributed by atoms with Crippen LogP contribution in [0.25, 0.3) is 0 Å². The van der Waals surface area contributed by atoms with E-state index in [2.05, 4.69) is 5.32 Å². The molecule has 2 rings (SSSR count). The summed E-state index contributed by atoms with van der Waals surface area (Å²) >= 11 is 0. The van der Waals surface area contributed by atoms with Crippen molar-refractivity contribution in [3.05, 3.63) is 59.8 Å². The summed E-state index contributed by atoms with van der Waals surface area (Å²) in [6.45, 7) is 6.77. The first kappa shape index (κ1) is 17.7. The molecule has 1 atom stereocenters. The molecule has 0 saturated heterocycles. The van der Waals surface area contributed by atoms with Crippen LogP contribution in [-0.4, -0.2) is 33.4 Å². The lowest BCUT2D eigenvalue weighted by atomic mass is 10.0. The number of nitrogens with zero attached hydrogens (tertiary/aromatic N) is 1. The molecule has 1 aromatic carbocycles. The Morgan fingerprint density at radius 3 is 2.42 bits per heavy atom. The topological polar surface area (TPSA) is 78.9 Å². The predicted octanol–water partition coefficient (Wildman–Crippen LogP) is 2.62. The molecule has 0 fully saturated rings. The Balaban J connectivity index is 2.37. The first-order chi connectivity index (χ1) is 11.2. The fourth-order valence-electron chi connectivity index (χ4n) is 2.24. The number of hydrogen-bond donors (Lipinski definition) is 2. The zero-order valence-electron chi connectivity index (χ0n) is 14.2. The Kier molecular flexibility index (Phi) is 4.80. The van der Waals surface area contributed by atoms with Crippen LogP contribution in [0.4, 0.5) is 0 Å². The SMILES string of the molecule is CC1=CC=CC(NC(=O)c2ccccc2)(C(=O)OC(C)(C)C)N1O. The maximum absolute atomic E-state index is 12.7. The molecule has 0 aromatic heterocycles. The minimum Gasteiger partial charge on any atom is -0.457 e. The minimum absolute atomic E-state index is 0.370. The van der Waals surface area contributed by atoms with E-state index < -0.39 is 23.1 Å². The van der Waals surface area contributed by atoms with Gasteiger partial charge < -0.3 is 10.1 Å². The molecular formula is C18H22N2O4. The third-order valence-electron chi connectivity index (χ3n) is 3.39. The molecule has 1 aromatic rings. The van der Waals surface area contributed by atoms with Crippen molar-refractivity contribution < 1.29 is 19.5 Å². The van der Waals surface area contributed by atoms with E-state index in [0.717, 1.165) is 0 Å². The fraction of sp³-hybridized carbons (Fsp3) is 0.333. The summed E-state index contributed by atoms with van der Waals surface area (Å²) in [5.41, 5.74) is -1.82. The van der Waals surface area contributed by atoms with Crippen LogP contribution in [0.2, 0.25) is 0 Å². The van der Waals surface area contributed by atoms with Crippen molar-refractivity contribution in [2.45, 2.75) is 39.0 Å². The summed E-state index contributed by atoms with van der Waals surface area (Å²) in [5, 5.41) is 13.7. The highest BCUT2D eigenvalue weighted by Crippen LogP contribution is 2.26. The molecule has 1 unspecified atom stereocenters. The van der Waals surface area contributed by atoms with Gasteiger partial charge in [0.1, 0.15) is 5.60 Å². The number of allylic oxidation sites excluding steroid dienone is 3. The average Bonchev–Trinajstić information content (AvgIpc) is 2.51. The first-order valence-corrected chi connectivity index (χ1v) is 7.62. The van der Waals surface area contributed by atoms with Gasteiger partial charge in [0.05, 0.1) is 0 Å². The number of carbonyl (C=O) groups is 2. The van der Waals surface area contributed by atoms with Gasteiger partial charge in [-0.2, -0.15) is 0 Å². The first-order valence-electron chi connectivity index (χ1n) is 7.62. The number of hydrogen-bond acceptors (Lipinski definition) is 5. The molecule has 0 spiro atoms. The van der Waals surface area contributed by atoms with Crippen molar-refractivity contribution in [2.75, 3.05) is 0 Å². The Bertz CT molecular complexity index is 689. The highest BCUT2D eigenvalue weighted by Gasteiger charge is 2.48. The molecule has 24 heavy (non-hydrogen) atoms. The van der Waals surface area contributed by atoms with Crippen LogP contribution in [0.15, 0.2) is 54.3 Å². The van der Waals surface area contributed by atoms with E-state index in [0.29, 0.717) is 16.3 Å². The van der Waals surface area contributed by atoms with Gasteiger partial charge in [0.2, 0.25) is 0 Å². The van der Waals surface area contributed by atoms with Crippen LogP contribution in [0.5, 0.6) is 0 Å². The average molecular weight is 330 g/mol. The van der Waals surface area contributed by atoms with Crippen molar-refractivity contribution in [3.63, 3.8) is 0 Å². The number of nitrogens with one attached hydrogen (secondary N) is 1. The second-order valence-electron chi connectivity index (χ2n) is 6.57. The standard InChI is InChI=1S/C18H22N2O4/c1-13-9-8-12-18(20(13)23,16(22)24-17(2,3)4)19-15(21)14-10-6-5-7-11-14/h5-12,23H,1-4H3,(H,19,21). The minimum atomic E-state index is -1.82. The maximum atomic E-state index is 12.7. The van der Waals surface area contributed by atoms with Crippen LogP contribution < -0.4 is 5.32 Å². The van der Waals surface area contributed by atoms with Crippen LogP contribution in [0, 0.1) is 0 Å². The van der Waals surface area contributed by atoms with Crippen molar-refractivity contribution >= 4 is 11.9 Å². The van der Waals surface area contributed by atoms with Crippen LogP contribution in [0.1, 0.15) is 38.1 Å². The van der Waals surface area contributed by atoms with E-state index in [1.54, 1.807) is 70.2 Å². The molecule has 0 saturated carbocycles. The van der Waals surface area contributed by atoms with Gasteiger partial charge in [0.25, 0.3) is 11.6 Å². The highest BCUT2D eigenvalue weighted by molar-refractivity contribution is 5.99. The van der Waals surface area contributed by atoms with E-state index in [4.69, 9.17) is 4.74 Å². The van der Waals surface area contributed by atoms with Crippen LogP contribution in [-0.2, 0) is 9.53 Å². The zero-order chi connectivity index (χ0) is 18.0. The summed E-state index contributed by atoms with van der Waals surface area (Å²) < 4.78 is 5.40. The summed E-state index contributed by atoms with van der Waals surface area (Å²) in [4.78, 5) is 25.3. The number of esters is 1. The fourth-order valence-corrected chi connectivity index (χ4v) is 2.24. The molecule has 0 bridgehead atoms. The number of carbonyl (C=O) groups excluding carboxylic acids is 2. The van der Waals surface area contributed by atoms with Gasteiger partial charge in [-0.25, -0.2) is 9.86 Å². The third-order valence-corrected chi connectivity index (χ3v) is 3.39. The normalized spacial score (nSPS) is 20.4. The number of rotatable bonds is 3. The van der Waals surface area contributed by atoms with Gasteiger partial charge in [-0.3, -0.25) is 10.0 Å². The zero-order valence-corrected chi connectivity index (χ0v) is 14.2. The second-order valence-corrected chi connectivity index (χ2v) is 6.57. The van der Waals surface area contributed by atoms with Gasteiger partial charge >= 0.3 is 5.97 Å². The molecule has 1 amide bonds. The van der Waals surface area contributed by atoms with Crippen molar-refractivity contribution in [1.82, 2.24) is 10.4 Å². The third kappa shape index (κ3) is 3.65. The number of benzene rings is 1. The molecule has 128 valence electrons. The Labute approximate surface area is 141 Å². The largest absolute Gasteiger partial charge is 0.457 e. The lowest BCUT2D eigenvalue weighted by Crippen LogP contribution is -2.64. The van der Waals surface area contributed by atoms with Crippen LogP contribution in [0.3, 0.4) is 0 Å². The Hall–Kier alpha value is -2.60. The van der Waals surface area contributed by atoms with Gasteiger partial charge in [0.15, 0.2) is 0 Å². The highest BCUT2D eigenvalue weighted by atomic mass is 16.6. The van der Waals surface area contributed by atoms with Gasteiger partial charge in [0, 0.05) is 11.3 Å². The van der Waals surface area contributed by atoms with Gasteiger partial charge in [-0.15, -0.1) is 0 Å². The maximum Gasteiger partial charge on any atom is 0.360 e. The van der Waals surface area contributed by atoms with Crippen molar-refractivity contribution in [2.24, 2.45) is 0 Å². The molecule has 6 nitrogen and oxygen atoms in total. The summed E-state index contributed by atoms with van der Waals surface area (Å²) in [7, 11) is 0. The lowest BCUT2D eigenvalue weighted by molar-refractivity contribution is -0.193. The van der Waals surface area contributed by atoms with Crippen LogP contribution >= 0.6 is 0 Å². The molecule has 2 N–H and O–H groups in total. The molecule has 0 aliphatic carbocycles. The number of hydroxylamine groups is 2. The summed E-state index contributed by atoms with van der Waals surface area (Å²) in [5.74, 6) is -1.27. The van der Waals surface area contributed by atoms with E-state index in [1.165, 1.54) is 6.08 Å². The summed E-state index contributed by atoms with van der Waals surface area (Å²) in [6, 6.07) is 8.46. The van der Waals surface area contributed by atoms with Crippen molar-refractivity contribution in [1.29, 1.82) is 0 Å². The van der Waals surface area contributed by atoms with Gasteiger partial charge in [-0.05, 0) is 52.0 Å². The Morgan fingerprint density at radius 2 is 1.83 bits per heavy atom. The van der Waals surface area contributed by atoms with Crippen molar-refractivity contribution in [3.8, 4) is 0 Å². The molecule has 0 radical (unpaired) electrons. The molecular weight excluding hydrogens is 308 g/mol. The van der Waals surface area contributed by atoms with E-state index in [1.807, 2.05) is 0 Å². The molecule has 1 aliphatic heterocycles. The quantitative estimate of drug-likeness (QED) is 0.833.